The number of anilines is 1. The molecule has 1 rings (SSSR count). The average Bonchev–Trinajstić information content (AvgIpc) is 2.36. The first-order valence-corrected chi connectivity index (χ1v) is 3.37. The Hall–Kier alpha value is -1.07. The van der Waals surface area contributed by atoms with Crippen molar-refractivity contribution < 1.29 is 5.11 Å². The van der Waals surface area contributed by atoms with Crippen molar-refractivity contribution in [2.45, 2.75) is 6.10 Å². The van der Waals surface area contributed by atoms with Crippen LogP contribution in [0.5, 0.6) is 0 Å². The maximum Gasteiger partial charge on any atom is 0.110 e. The van der Waals surface area contributed by atoms with Crippen LogP contribution in [0, 0.1) is 0 Å². The van der Waals surface area contributed by atoms with Crippen molar-refractivity contribution in [2.24, 2.45) is 0 Å². The Bertz CT molecular complexity index is 222. The zero-order valence-electron chi connectivity index (χ0n) is 6.33. The Morgan fingerprint density at radius 2 is 2.64 bits per heavy atom. The average molecular weight is 156 g/mol. The molecule has 0 aliphatic rings. The second kappa shape index (κ2) is 3.36. The van der Waals surface area contributed by atoms with Crippen molar-refractivity contribution in [2.75, 3.05) is 19.3 Å². The van der Waals surface area contributed by atoms with Crippen LogP contribution in [0.1, 0.15) is 11.8 Å². The molecule has 0 amide bonds. The van der Waals surface area contributed by atoms with E-state index in [-0.39, 0.29) is 0 Å². The van der Waals surface area contributed by atoms with Gasteiger partial charge in [-0.1, -0.05) is 0 Å². The Labute approximate surface area is 64.6 Å². The summed E-state index contributed by atoms with van der Waals surface area (Å²) in [4.78, 5) is 0. The standard InChI is InChI=1S/C6H12N4O/c1-8-3-5(11)6-4(7)2-9-10-6/h2,5,8,11H,3,7H2,1H3,(H,9,10). The molecule has 1 heterocycles. The lowest BCUT2D eigenvalue weighted by molar-refractivity contribution is 0.173. The van der Waals surface area contributed by atoms with Gasteiger partial charge in [0.25, 0.3) is 0 Å². The maximum absolute atomic E-state index is 9.38. The predicted octanol–water partition coefficient (Wildman–Crippen LogP) is -0.755. The number of nitrogens with two attached hydrogens (primary N) is 1. The molecule has 1 aromatic heterocycles. The topological polar surface area (TPSA) is 87.0 Å². The van der Waals surface area contributed by atoms with Gasteiger partial charge in [-0.05, 0) is 7.05 Å². The molecule has 5 heteroatoms. The first-order chi connectivity index (χ1) is 5.25. The van der Waals surface area contributed by atoms with Gasteiger partial charge in [-0.15, -0.1) is 0 Å². The molecule has 0 saturated heterocycles. The van der Waals surface area contributed by atoms with E-state index in [0.29, 0.717) is 17.9 Å². The second-order valence-electron chi connectivity index (χ2n) is 2.31. The minimum Gasteiger partial charge on any atom is -0.396 e. The molecule has 62 valence electrons. The molecule has 5 N–H and O–H groups in total. The van der Waals surface area contributed by atoms with E-state index in [1.165, 1.54) is 6.20 Å². The highest BCUT2D eigenvalue weighted by molar-refractivity contribution is 5.41. The van der Waals surface area contributed by atoms with E-state index in [4.69, 9.17) is 5.73 Å². The number of aromatic nitrogens is 2. The van der Waals surface area contributed by atoms with Crippen LogP contribution in [0.25, 0.3) is 0 Å². The summed E-state index contributed by atoms with van der Waals surface area (Å²) in [6.45, 7) is 0.465. The molecule has 0 aliphatic heterocycles. The number of aromatic amines is 1. The van der Waals surface area contributed by atoms with Gasteiger partial charge in [0.15, 0.2) is 0 Å². The van der Waals surface area contributed by atoms with E-state index in [9.17, 15) is 5.11 Å². The number of likely N-dealkylation sites (N-methyl/N-ethyl adjacent to an activating group) is 1. The normalized spacial score (nSPS) is 13.3. The molecule has 11 heavy (non-hydrogen) atoms. The highest BCUT2D eigenvalue weighted by Gasteiger charge is 2.10. The van der Waals surface area contributed by atoms with Crippen molar-refractivity contribution in [3.63, 3.8) is 0 Å². The van der Waals surface area contributed by atoms with Crippen LogP contribution in [-0.2, 0) is 0 Å². The quantitative estimate of drug-likeness (QED) is 0.463. The minimum atomic E-state index is -0.609. The summed E-state index contributed by atoms with van der Waals surface area (Å²) in [5, 5.41) is 18.5. The molecule has 0 bridgehead atoms. The lowest BCUT2D eigenvalue weighted by Gasteiger charge is -2.07. The number of hydrogen-bond donors (Lipinski definition) is 4. The summed E-state index contributed by atoms with van der Waals surface area (Å²) in [5.74, 6) is 0. The fraction of sp³-hybridized carbons (Fsp3) is 0.500. The zero-order chi connectivity index (χ0) is 8.27. The van der Waals surface area contributed by atoms with E-state index >= 15 is 0 Å². The van der Waals surface area contributed by atoms with Crippen LogP contribution in [-0.4, -0.2) is 28.9 Å². The lowest BCUT2D eigenvalue weighted by atomic mass is 10.2. The van der Waals surface area contributed by atoms with E-state index in [0.717, 1.165) is 0 Å². The molecular weight excluding hydrogens is 144 g/mol. The monoisotopic (exact) mass is 156 g/mol. The minimum absolute atomic E-state index is 0.465. The van der Waals surface area contributed by atoms with Crippen molar-refractivity contribution >= 4 is 5.69 Å². The molecule has 0 spiro atoms. The molecule has 0 fully saturated rings. The molecule has 0 aliphatic carbocycles. The van der Waals surface area contributed by atoms with Crippen LogP contribution in [0.2, 0.25) is 0 Å². The molecule has 1 unspecified atom stereocenters. The summed E-state index contributed by atoms with van der Waals surface area (Å²) in [6, 6.07) is 0. The number of rotatable bonds is 3. The van der Waals surface area contributed by atoms with Gasteiger partial charge >= 0.3 is 0 Å². The number of aliphatic hydroxyl groups is 1. The van der Waals surface area contributed by atoms with Crippen molar-refractivity contribution in [1.29, 1.82) is 0 Å². The summed E-state index contributed by atoms with van der Waals surface area (Å²) in [7, 11) is 1.76. The van der Waals surface area contributed by atoms with Gasteiger partial charge in [0, 0.05) is 6.54 Å². The summed E-state index contributed by atoms with van der Waals surface area (Å²) in [6.07, 6.45) is 0.872. The summed E-state index contributed by atoms with van der Waals surface area (Å²) in [5.41, 5.74) is 6.55. The highest BCUT2D eigenvalue weighted by atomic mass is 16.3. The summed E-state index contributed by atoms with van der Waals surface area (Å²) >= 11 is 0. The van der Waals surface area contributed by atoms with E-state index in [1.807, 2.05) is 0 Å². The van der Waals surface area contributed by atoms with Crippen LogP contribution >= 0.6 is 0 Å². The van der Waals surface area contributed by atoms with E-state index < -0.39 is 6.10 Å². The van der Waals surface area contributed by atoms with E-state index in [2.05, 4.69) is 15.5 Å². The molecule has 1 aromatic rings. The predicted molar refractivity (Wildman–Crippen MR) is 41.9 cm³/mol. The van der Waals surface area contributed by atoms with Crippen LogP contribution in [0.4, 0.5) is 5.69 Å². The van der Waals surface area contributed by atoms with Crippen molar-refractivity contribution in [1.82, 2.24) is 15.5 Å². The number of nitrogen functional groups attached to an aromatic ring is 1. The molecular formula is C6H12N4O. The molecule has 0 aromatic carbocycles. The van der Waals surface area contributed by atoms with Crippen LogP contribution in [0.3, 0.4) is 0 Å². The van der Waals surface area contributed by atoms with Crippen molar-refractivity contribution in [3.8, 4) is 0 Å². The van der Waals surface area contributed by atoms with Crippen molar-refractivity contribution in [3.05, 3.63) is 11.9 Å². The third-order valence-corrected chi connectivity index (χ3v) is 1.43. The fourth-order valence-electron chi connectivity index (χ4n) is 0.868. The van der Waals surface area contributed by atoms with Gasteiger partial charge in [-0.25, -0.2) is 0 Å². The van der Waals surface area contributed by atoms with Gasteiger partial charge in [-0.3, -0.25) is 5.10 Å². The second-order valence-corrected chi connectivity index (χ2v) is 2.31. The highest BCUT2D eigenvalue weighted by Crippen LogP contribution is 2.14. The number of hydrogen-bond acceptors (Lipinski definition) is 4. The van der Waals surface area contributed by atoms with Gasteiger partial charge in [0.05, 0.1) is 17.6 Å². The largest absolute Gasteiger partial charge is 0.396 e. The Kier molecular flexibility index (Phi) is 2.45. The number of aliphatic hydroxyl groups excluding tert-OH is 1. The van der Waals surface area contributed by atoms with Crippen LogP contribution < -0.4 is 11.1 Å². The Balaban J connectivity index is 2.67. The van der Waals surface area contributed by atoms with Gasteiger partial charge in [0.2, 0.25) is 0 Å². The first kappa shape index (κ1) is 8.03. The van der Waals surface area contributed by atoms with Gasteiger partial charge in [-0.2, -0.15) is 5.10 Å². The zero-order valence-corrected chi connectivity index (χ0v) is 6.33. The first-order valence-electron chi connectivity index (χ1n) is 3.37. The number of nitrogens with zero attached hydrogens (tertiary/aromatic N) is 1. The van der Waals surface area contributed by atoms with E-state index in [1.54, 1.807) is 7.05 Å². The smallest absolute Gasteiger partial charge is 0.110 e. The Morgan fingerprint density at radius 3 is 3.09 bits per heavy atom. The van der Waals surface area contributed by atoms with Gasteiger partial charge in [0.1, 0.15) is 6.10 Å². The Morgan fingerprint density at radius 1 is 1.91 bits per heavy atom. The number of nitrogens with one attached hydrogen (secondary N) is 2. The van der Waals surface area contributed by atoms with Gasteiger partial charge < -0.3 is 16.2 Å². The molecule has 5 nitrogen and oxygen atoms in total. The molecule has 1 atom stereocenters. The third-order valence-electron chi connectivity index (χ3n) is 1.43. The SMILES string of the molecule is CNCC(O)c1[nH]ncc1N. The molecule has 0 radical (unpaired) electrons. The number of H-pyrrole nitrogens is 1. The third kappa shape index (κ3) is 1.69. The van der Waals surface area contributed by atoms with Crippen LogP contribution in [0.15, 0.2) is 6.20 Å². The summed E-state index contributed by atoms with van der Waals surface area (Å²) < 4.78 is 0. The molecule has 0 saturated carbocycles. The lowest BCUT2D eigenvalue weighted by Crippen LogP contribution is -2.17. The maximum atomic E-state index is 9.38. The fourth-order valence-corrected chi connectivity index (χ4v) is 0.868.